The Balaban J connectivity index is 1.19. The molecule has 5 aromatic rings. The van der Waals surface area contributed by atoms with Gasteiger partial charge >= 0.3 is 24.3 Å². The van der Waals surface area contributed by atoms with E-state index in [1.807, 2.05) is 17.9 Å². The smallest absolute Gasteiger partial charge is 0.425 e. The molecule has 0 radical (unpaired) electrons. The van der Waals surface area contributed by atoms with E-state index in [-0.39, 0.29) is 101 Å². The Morgan fingerprint density at radius 3 is 2.21 bits per heavy atom. The van der Waals surface area contributed by atoms with Crippen molar-refractivity contribution in [1.29, 1.82) is 0 Å². The molecule has 438 valence electrons. The van der Waals surface area contributed by atoms with Crippen LogP contribution in [-0.2, 0) is 18.9 Å². The largest absolute Gasteiger partial charge is 0.475 e. The molecule has 0 N–H and O–H groups in total. The number of aromatic nitrogens is 4. The van der Waals surface area contributed by atoms with Crippen LogP contribution in [0.4, 0.5) is 34.8 Å². The first kappa shape index (κ1) is 59.7. The van der Waals surface area contributed by atoms with Crippen molar-refractivity contribution < 1.29 is 51.6 Å². The first-order chi connectivity index (χ1) is 38.7. The number of ether oxygens (including phenoxy) is 6. The van der Waals surface area contributed by atoms with Crippen molar-refractivity contribution in [2.75, 3.05) is 69.0 Å². The van der Waals surface area contributed by atoms with E-state index >= 15 is 8.78 Å². The lowest BCUT2D eigenvalue weighted by Crippen LogP contribution is -2.48. The highest BCUT2D eigenvalue weighted by Gasteiger charge is 2.52. The molecule has 7 heterocycles. The van der Waals surface area contributed by atoms with Gasteiger partial charge < -0.3 is 38.2 Å². The number of carbonyl (C=O) groups is 3. The van der Waals surface area contributed by atoms with Crippen LogP contribution in [0.3, 0.4) is 0 Å². The van der Waals surface area contributed by atoms with Gasteiger partial charge in [0.15, 0.2) is 11.6 Å². The minimum atomic E-state index is -2.38. The van der Waals surface area contributed by atoms with E-state index in [9.17, 15) is 14.4 Å². The Morgan fingerprint density at radius 1 is 0.866 bits per heavy atom. The highest BCUT2D eigenvalue weighted by atomic mass is 28.3. The summed E-state index contributed by atoms with van der Waals surface area (Å²) in [5, 5.41) is 1.17. The van der Waals surface area contributed by atoms with Gasteiger partial charge in [-0.1, -0.05) is 89.9 Å². The van der Waals surface area contributed by atoms with Gasteiger partial charge in [0.2, 0.25) is 5.88 Å². The van der Waals surface area contributed by atoms with Gasteiger partial charge in [0.1, 0.15) is 67.3 Å². The Bertz CT molecular complexity index is 3300. The number of amides is 3. The number of pyridine rings is 2. The summed E-state index contributed by atoms with van der Waals surface area (Å²) in [4.78, 5) is 67.5. The van der Waals surface area contributed by atoms with Crippen molar-refractivity contribution in [3.8, 4) is 34.6 Å². The van der Waals surface area contributed by atoms with Gasteiger partial charge in [-0.25, -0.2) is 33.1 Å². The number of morpholine rings is 1. The molecule has 4 aliphatic heterocycles. The van der Waals surface area contributed by atoms with Crippen LogP contribution in [0.15, 0.2) is 60.8 Å². The standard InChI is InChI=1S/C62H78F2N8O9Si/c1-37(2)82(38(3)4,39(5)6)32-23-45-47(63)21-20-42-17-15-18-46(48(42)45)51-50(64)52-49-54(68-56(67-52)79-36-62-24-22-43(71(62)34-40(7)33-62)35-78-57(73)69-26-29-76-30-27-69)70(28-31-77-55(49)66-51)41(8)44-19-16-25-65-53(44)72(58(74)80-60(9,10)11)59(75)81-61(12,13)14/h15-21,25,37-39,41,43H,7,22,24,26-31,33-36H2,1-6,8-14H3/t41?,43-,62+/m0/s1. The molecule has 3 aromatic heterocycles. The lowest BCUT2D eigenvalue weighted by atomic mass is 9.94. The minimum absolute atomic E-state index is 0.00634. The number of rotatable bonds is 12. The number of hydrogen-bond donors (Lipinski definition) is 0. The van der Waals surface area contributed by atoms with E-state index in [2.05, 4.69) is 69.5 Å². The van der Waals surface area contributed by atoms with Crippen LogP contribution in [0.25, 0.3) is 32.9 Å². The van der Waals surface area contributed by atoms with E-state index in [0.717, 1.165) is 16.9 Å². The van der Waals surface area contributed by atoms with Crippen molar-refractivity contribution in [3.63, 3.8) is 0 Å². The summed E-state index contributed by atoms with van der Waals surface area (Å²) >= 11 is 0. The van der Waals surface area contributed by atoms with E-state index in [4.69, 9.17) is 43.4 Å². The maximum atomic E-state index is 18.5. The van der Waals surface area contributed by atoms with Gasteiger partial charge in [-0.05, 0) is 102 Å². The van der Waals surface area contributed by atoms with Gasteiger partial charge in [0.05, 0.1) is 36.9 Å². The second-order valence-corrected chi connectivity index (χ2v) is 30.6. The molecule has 1 unspecified atom stereocenters. The molecular weight excluding hydrogens is 1070 g/mol. The first-order valence-electron chi connectivity index (χ1n) is 28.6. The molecule has 17 nitrogen and oxygen atoms in total. The predicted molar refractivity (Wildman–Crippen MR) is 314 cm³/mol. The molecule has 0 saturated carbocycles. The average Bonchev–Trinajstić information content (AvgIpc) is 3.61. The lowest BCUT2D eigenvalue weighted by molar-refractivity contribution is 0.0139. The predicted octanol–water partition coefficient (Wildman–Crippen LogP) is 12.7. The van der Waals surface area contributed by atoms with Gasteiger partial charge in [0, 0.05) is 48.4 Å². The fourth-order valence-electron chi connectivity index (χ4n) is 12.6. The molecule has 0 spiro atoms. The first-order valence-corrected chi connectivity index (χ1v) is 30.8. The SMILES string of the molecule is C=C1CN2[C@H](COC(=O)N3CCOCC3)CC[C@]2(COc2nc3c4c(nc(-c5cccc6ccc(F)c(C#C[Si](C(C)C)(C(C)C)C(C)C)c56)c(F)c4n2)OCCN3C(C)c2cccnc2N(C(=O)OC(C)(C)C)C(=O)OC(C)(C)C)C1. The van der Waals surface area contributed by atoms with Crippen LogP contribution in [0, 0.1) is 23.1 Å². The summed E-state index contributed by atoms with van der Waals surface area (Å²) in [6.45, 7) is 32.3. The van der Waals surface area contributed by atoms with Crippen LogP contribution < -0.4 is 19.3 Å². The second-order valence-electron chi connectivity index (χ2n) is 25.0. The number of nitrogens with zero attached hydrogens (tertiary/aromatic N) is 8. The number of imide groups is 1. The highest BCUT2D eigenvalue weighted by molar-refractivity contribution is 6.90. The van der Waals surface area contributed by atoms with Gasteiger partial charge in [-0.3, -0.25) is 4.90 Å². The molecule has 0 aliphatic carbocycles. The molecule has 82 heavy (non-hydrogen) atoms. The number of carbonyl (C=O) groups excluding carboxylic acids is 3. The molecule has 3 fully saturated rings. The van der Waals surface area contributed by atoms with Crippen LogP contribution in [0.5, 0.6) is 11.9 Å². The van der Waals surface area contributed by atoms with Crippen molar-refractivity contribution in [3.05, 3.63) is 83.6 Å². The Labute approximate surface area is 481 Å². The fraction of sp³-hybridized carbons (Fsp3) is 0.532. The summed E-state index contributed by atoms with van der Waals surface area (Å²) in [6, 6.07) is 10.8. The summed E-state index contributed by atoms with van der Waals surface area (Å²) in [5.74, 6) is 2.12. The Hall–Kier alpha value is -6.95. The number of halogens is 2. The van der Waals surface area contributed by atoms with E-state index in [1.165, 1.54) is 12.3 Å². The van der Waals surface area contributed by atoms with Gasteiger partial charge in [0.25, 0.3) is 0 Å². The zero-order valence-corrected chi connectivity index (χ0v) is 50.7. The van der Waals surface area contributed by atoms with Crippen LogP contribution >= 0.6 is 0 Å². The number of anilines is 2. The van der Waals surface area contributed by atoms with Crippen LogP contribution in [-0.4, -0.2) is 138 Å². The maximum absolute atomic E-state index is 18.5. The summed E-state index contributed by atoms with van der Waals surface area (Å²) in [6.07, 6.45) is 1.06. The number of fused-ring (bicyclic) bond motifs is 2. The van der Waals surface area contributed by atoms with E-state index in [1.54, 1.807) is 76.8 Å². The minimum Gasteiger partial charge on any atom is -0.475 e. The topological polar surface area (TPSA) is 171 Å². The molecule has 9 rings (SSSR count). The second kappa shape index (κ2) is 23.4. The van der Waals surface area contributed by atoms with Crippen molar-refractivity contribution in [2.24, 2.45) is 0 Å². The molecule has 3 amide bonds. The molecule has 4 aliphatic rings. The number of benzene rings is 2. The molecule has 2 aromatic carbocycles. The fourth-order valence-corrected chi connectivity index (χ4v) is 17.8. The zero-order chi connectivity index (χ0) is 59.2. The summed E-state index contributed by atoms with van der Waals surface area (Å²) in [7, 11) is -2.38. The molecule has 20 heteroatoms. The Kier molecular flexibility index (Phi) is 17.0. The summed E-state index contributed by atoms with van der Waals surface area (Å²) < 4.78 is 71.2. The van der Waals surface area contributed by atoms with E-state index in [0.29, 0.717) is 67.6 Å². The highest BCUT2D eigenvalue weighted by Crippen LogP contribution is 2.48. The number of hydrogen-bond acceptors (Lipinski definition) is 15. The quantitative estimate of drug-likeness (QED) is 0.0500. The summed E-state index contributed by atoms with van der Waals surface area (Å²) in [5.41, 5.74) is 3.42. The van der Waals surface area contributed by atoms with Crippen LogP contribution in [0.2, 0.25) is 16.6 Å². The molecular formula is C62H78F2N8O9Si. The van der Waals surface area contributed by atoms with Gasteiger partial charge in [-0.15, -0.1) is 5.54 Å². The lowest BCUT2D eigenvalue weighted by Gasteiger charge is -2.38. The Morgan fingerprint density at radius 2 is 1.55 bits per heavy atom. The molecule has 3 saturated heterocycles. The van der Waals surface area contributed by atoms with E-state index < -0.39 is 54.7 Å². The molecule has 0 bridgehead atoms. The average molecular weight is 1150 g/mol. The van der Waals surface area contributed by atoms with Crippen LogP contribution in [0.1, 0.15) is 126 Å². The third kappa shape index (κ3) is 11.8. The monoisotopic (exact) mass is 1140 g/mol. The third-order valence-corrected chi connectivity index (χ3v) is 22.6. The van der Waals surface area contributed by atoms with Gasteiger partial charge in [-0.2, -0.15) is 14.9 Å². The normalized spacial score (nSPS) is 19.0. The third-order valence-electron chi connectivity index (χ3n) is 16.3. The molecule has 3 atom stereocenters. The van der Waals surface area contributed by atoms with Crippen molar-refractivity contribution >= 4 is 59.7 Å². The maximum Gasteiger partial charge on any atom is 0.425 e. The van der Waals surface area contributed by atoms with Crippen molar-refractivity contribution in [1.82, 2.24) is 29.7 Å². The zero-order valence-electron chi connectivity index (χ0n) is 49.7. The van der Waals surface area contributed by atoms with Crippen molar-refractivity contribution in [2.45, 2.75) is 155 Å².